The van der Waals surface area contributed by atoms with E-state index in [0.29, 0.717) is 28.8 Å². The molecule has 3 rings (SSSR count). The average Bonchev–Trinajstić information content (AvgIpc) is 3.10. The number of aromatic nitrogens is 2. The first kappa shape index (κ1) is 16.2. The fourth-order valence-electron chi connectivity index (χ4n) is 2.16. The van der Waals surface area contributed by atoms with E-state index in [4.69, 9.17) is 16.1 Å². The molecule has 0 unspecified atom stereocenters. The number of hydrogen-bond donors (Lipinski definition) is 1. The predicted octanol–water partition coefficient (Wildman–Crippen LogP) is 4.20. The van der Waals surface area contributed by atoms with E-state index in [-0.39, 0.29) is 5.91 Å². The van der Waals surface area contributed by atoms with Crippen molar-refractivity contribution in [3.8, 4) is 22.8 Å². The molecule has 0 bridgehead atoms. The molecule has 0 aliphatic rings. The SMILES string of the molecule is CCCNC(=O)c1ccc(-c2nc(-c3ccc(Cl)cc3)no2)cc1. The first-order valence-corrected chi connectivity index (χ1v) is 8.03. The zero-order valence-corrected chi connectivity index (χ0v) is 13.9. The first-order chi connectivity index (χ1) is 11.7. The lowest BCUT2D eigenvalue weighted by Gasteiger charge is -2.03. The van der Waals surface area contributed by atoms with E-state index >= 15 is 0 Å². The third kappa shape index (κ3) is 3.63. The Kier molecular flexibility index (Phi) is 4.91. The van der Waals surface area contributed by atoms with E-state index in [1.165, 1.54) is 0 Å². The molecule has 1 amide bonds. The predicted molar refractivity (Wildman–Crippen MR) is 92.8 cm³/mol. The fraction of sp³-hybridized carbons (Fsp3) is 0.167. The zero-order chi connectivity index (χ0) is 16.9. The third-order valence-electron chi connectivity index (χ3n) is 3.46. The number of benzene rings is 2. The Morgan fingerprint density at radius 1 is 1.08 bits per heavy atom. The molecule has 1 N–H and O–H groups in total. The molecule has 6 heteroatoms. The number of carbonyl (C=O) groups excluding carboxylic acids is 1. The highest BCUT2D eigenvalue weighted by Crippen LogP contribution is 2.23. The molecule has 0 aliphatic heterocycles. The van der Waals surface area contributed by atoms with Crippen LogP contribution in [-0.4, -0.2) is 22.6 Å². The van der Waals surface area contributed by atoms with Gasteiger partial charge in [0.2, 0.25) is 5.82 Å². The third-order valence-corrected chi connectivity index (χ3v) is 3.71. The second kappa shape index (κ2) is 7.27. The Bertz CT molecular complexity index is 826. The number of halogens is 1. The van der Waals surface area contributed by atoms with Gasteiger partial charge in [-0.2, -0.15) is 4.98 Å². The highest BCUT2D eigenvalue weighted by molar-refractivity contribution is 6.30. The smallest absolute Gasteiger partial charge is 0.258 e. The Labute approximate surface area is 144 Å². The molecular weight excluding hydrogens is 326 g/mol. The molecule has 0 fully saturated rings. The standard InChI is InChI=1S/C18H16ClN3O2/c1-2-11-20-17(23)13-3-5-14(6-4-13)18-21-16(22-24-18)12-7-9-15(19)10-8-12/h3-10H,2,11H2,1H3,(H,20,23). The molecule has 0 atom stereocenters. The minimum atomic E-state index is -0.0872. The van der Waals surface area contributed by atoms with Crippen molar-refractivity contribution in [2.24, 2.45) is 0 Å². The largest absolute Gasteiger partial charge is 0.352 e. The van der Waals surface area contributed by atoms with Gasteiger partial charge < -0.3 is 9.84 Å². The van der Waals surface area contributed by atoms with Crippen LogP contribution in [-0.2, 0) is 0 Å². The maximum absolute atomic E-state index is 11.9. The van der Waals surface area contributed by atoms with E-state index in [9.17, 15) is 4.79 Å². The molecule has 24 heavy (non-hydrogen) atoms. The maximum Gasteiger partial charge on any atom is 0.258 e. The molecular formula is C18H16ClN3O2. The summed E-state index contributed by atoms with van der Waals surface area (Å²) in [4.78, 5) is 16.3. The van der Waals surface area contributed by atoms with Crippen LogP contribution in [0, 0.1) is 0 Å². The van der Waals surface area contributed by atoms with Crippen molar-refractivity contribution >= 4 is 17.5 Å². The van der Waals surface area contributed by atoms with Crippen LogP contribution in [0.1, 0.15) is 23.7 Å². The van der Waals surface area contributed by atoms with E-state index in [2.05, 4.69) is 15.5 Å². The van der Waals surface area contributed by atoms with E-state index in [1.54, 1.807) is 36.4 Å². The van der Waals surface area contributed by atoms with Gasteiger partial charge in [0.15, 0.2) is 0 Å². The van der Waals surface area contributed by atoms with Crippen molar-refractivity contribution in [1.82, 2.24) is 15.5 Å². The summed E-state index contributed by atoms with van der Waals surface area (Å²) in [7, 11) is 0. The van der Waals surface area contributed by atoms with Crippen LogP contribution in [0.2, 0.25) is 5.02 Å². The molecule has 2 aromatic carbocycles. The van der Waals surface area contributed by atoms with Gasteiger partial charge in [-0.3, -0.25) is 4.79 Å². The Morgan fingerprint density at radius 3 is 2.42 bits per heavy atom. The minimum absolute atomic E-state index is 0.0872. The van der Waals surface area contributed by atoms with Gasteiger partial charge in [-0.1, -0.05) is 23.7 Å². The normalized spacial score (nSPS) is 10.6. The fourth-order valence-corrected chi connectivity index (χ4v) is 2.29. The van der Waals surface area contributed by atoms with Gasteiger partial charge in [-0.05, 0) is 55.0 Å². The average molecular weight is 342 g/mol. The summed E-state index contributed by atoms with van der Waals surface area (Å²) in [6.45, 7) is 2.67. The van der Waals surface area contributed by atoms with Crippen molar-refractivity contribution in [2.45, 2.75) is 13.3 Å². The van der Waals surface area contributed by atoms with Gasteiger partial charge in [-0.15, -0.1) is 0 Å². The van der Waals surface area contributed by atoms with Gasteiger partial charge in [0, 0.05) is 28.3 Å². The molecule has 1 aromatic heterocycles. The molecule has 0 radical (unpaired) electrons. The lowest BCUT2D eigenvalue weighted by atomic mass is 10.1. The van der Waals surface area contributed by atoms with Crippen LogP contribution in [0.3, 0.4) is 0 Å². The van der Waals surface area contributed by atoms with Crippen LogP contribution >= 0.6 is 11.6 Å². The number of rotatable bonds is 5. The van der Waals surface area contributed by atoms with Crippen molar-refractivity contribution in [3.63, 3.8) is 0 Å². The van der Waals surface area contributed by atoms with Crippen molar-refractivity contribution in [3.05, 3.63) is 59.1 Å². The molecule has 3 aromatic rings. The van der Waals surface area contributed by atoms with Crippen LogP contribution in [0.5, 0.6) is 0 Å². The van der Waals surface area contributed by atoms with E-state index < -0.39 is 0 Å². The second-order valence-electron chi connectivity index (χ2n) is 5.26. The molecule has 0 saturated heterocycles. The monoisotopic (exact) mass is 341 g/mol. The highest BCUT2D eigenvalue weighted by Gasteiger charge is 2.11. The van der Waals surface area contributed by atoms with E-state index in [1.807, 2.05) is 19.1 Å². The van der Waals surface area contributed by atoms with E-state index in [0.717, 1.165) is 17.5 Å². The van der Waals surface area contributed by atoms with Crippen molar-refractivity contribution in [2.75, 3.05) is 6.54 Å². The number of carbonyl (C=O) groups is 1. The van der Waals surface area contributed by atoms with Gasteiger partial charge in [0.25, 0.3) is 11.8 Å². The van der Waals surface area contributed by atoms with Gasteiger partial charge in [0.05, 0.1) is 0 Å². The van der Waals surface area contributed by atoms with Crippen LogP contribution in [0.4, 0.5) is 0 Å². The van der Waals surface area contributed by atoms with Gasteiger partial charge in [-0.25, -0.2) is 0 Å². The summed E-state index contributed by atoms with van der Waals surface area (Å²) in [5, 5.41) is 7.47. The summed E-state index contributed by atoms with van der Waals surface area (Å²) >= 11 is 5.88. The summed E-state index contributed by atoms with van der Waals surface area (Å²) < 4.78 is 5.31. The number of amides is 1. The van der Waals surface area contributed by atoms with Crippen LogP contribution in [0.15, 0.2) is 53.1 Å². The van der Waals surface area contributed by atoms with Crippen molar-refractivity contribution in [1.29, 1.82) is 0 Å². The molecule has 122 valence electrons. The van der Waals surface area contributed by atoms with Crippen LogP contribution < -0.4 is 5.32 Å². The lowest BCUT2D eigenvalue weighted by molar-refractivity contribution is 0.0953. The Hall–Kier alpha value is -2.66. The molecule has 0 saturated carbocycles. The van der Waals surface area contributed by atoms with Crippen molar-refractivity contribution < 1.29 is 9.32 Å². The highest BCUT2D eigenvalue weighted by atomic mass is 35.5. The number of nitrogens with one attached hydrogen (secondary N) is 1. The zero-order valence-electron chi connectivity index (χ0n) is 13.1. The topological polar surface area (TPSA) is 68.0 Å². The summed E-state index contributed by atoms with van der Waals surface area (Å²) in [6.07, 6.45) is 0.902. The summed E-state index contributed by atoms with van der Waals surface area (Å²) in [6, 6.07) is 14.3. The Morgan fingerprint density at radius 2 is 1.75 bits per heavy atom. The quantitative estimate of drug-likeness (QED) is 0.755. The van der Waals surface area contributed by atoms with Gasteiger partial charge in [0.1, 0.15) is 0 Å². The minimum Gasteiger partial charge on any atom is -0.352 e. The number of hydrogen-bond acceptors (Lipinski definition) is 4. The summed E-state index contributed by atoms with van der Waals surface area (Å²) in [5.74, 6) is 0.808. The molecule has 0 spiro atoms. The molecule has 0 aliphatic carbocycles. The molecule has 5 nitrogen and oxygen atoms in total. The number of nitrogens with zero attached hydrogens (tertiary/aromatic N) is 2. The van der Waals surface area contributed by atoms with Crippen LogP contribution in [0.25, 0.3) is 22.8 Å². The maximum atomic E-state index is 11.9. The lowest BCUT2D eigenvalue weighted by Crippen LogP contribution is -2.23. The summed E-state index contributed by atoms with van der Waals surface area (Å²) in [5.41, 5.74) is 2.18. The second-order valence-corrected chi connectivity index (χ2v) is 5.70. The Balaban J connectivity index is 1.78. The van der Waals surface area contributed by atoms with Gasteiger partial charge >= 0.3 is 0 Å². The molecule has 1 heterocycles. The first-order valence-electron chi connectivity index (χ1n) is 7.65.